The third-order valence-electron chi connectivity index (χ3n) is 5.21. The Morgan fingerprint density at radius 1 is 1.15 bits per heavy atom. The zero-order chi connectivity index (χ0) is 14.6. The number of nitrogens with zero attached hydrogens (tertiary/aromatic N) is 1. The van der Waals surface area contributed by atoms with Crippen molar-refractivity contribution in [3.63, 3.8) is 0 Å². The fraction of sp³-hybridized carbons (Fsp3) is 0.875. The van der Waals surface area contributed by atoms with Gasteiger partial charge in [0.15, 0.2) is 0 Å². The van der Waals surface area contributed by atoms with Crippen molar-refractivity contribution < 1.29 is 4.79 Å². The molecule has 1 amide bonds. The molecule has 2 N–H and O–H groups in total. The first kappa shape index (κ1) is 15.7. The first-order valence-electron chi connectivity index (χ1n) is 8.23. The molecule has 0 heterocycles. The average molecular weight is 296 g/mol. The monoisotopic (exact) mass is 296 g/mol. The lowest BCUT2D eigenvalue weighted by Gasteiger charge is -2.38. The number of amides is 1. The molecule has 0 aromatic heterocycles. The Bertz CT molecular complexity index is 355. The zero-order valence-electron chi connectivity index (χ0n) is 12.7. The zero-order valence-corrected chi connectivity index (χ0v) is 13.5. The number of rotatable bonds is 4. The lowest BCUT2D eigenvalue weighted by molar-refractivity contribution is -0.141. The maximum atomic E-state index is 13.2. The van der Waals surface area contributed by atoms with Gasteiger partial charge >= 0.3 is 0 Å². The third-order valence-corrected chi connectivity index (χ3v) is 5.60. The molecule has 0 aromatic carbocycles. The summed E-state index contributed by atoms with van der Waals surface area (Å²) < 4.78 is 0. The smallest absolute Gasteiger partial charge is 0.235 e. The number of hydrogen-bond acceptors (Lipinski definition) is 2. The predicted octanol–water partition coefficient (Wildman–Crippen LogP) is 3.40. The van der Waals surface area contributed by atoms with E-state index in [1.165, 1.54) is 25.7 Å². The second-order valence-electron chi connectivity index (χ2n) is 6.39. The van der Waals surface area contributed by atoms with Crippen LogP contribution >= 0.6 is 12.2 Å². The molecule has 3 nitrogen and oxygen atoms in total. The average Bonchev–Trinajstić information content (AvgIpc) is 2.83. The molecule has 2 aliphatic rings. The van der Waals surface area contributed by atoms with Gasteiger partial charge in [-0.25, -0.2) is 0 Å². The Hall–Kier alpha value is -0.640. The van der Waals surface area contributed by atoms with Gasteiger partial charge in [-0.3, -0.25) is 4.79 Å². The first-order valence-corrected chi connectivity index (χ1v) is 8.63. The summed E-state index contributed by atoms with van der Waals surface area (Å²) in [6.45, 7) is 2.87. The van der Waals surface area contributed by atoms with Gasteiger partial charge in [-0.2, -0.15) is 0 Å². The Balaban J connectivity index is 2.22. The van der Waals surface area contributed by atoms with Crippen LogP contribution in [-0.4, -0.2) is 28.4 Å². The summed E-state index contributed by atoms with van der Waals surface area (Å²) >= 11 is 5.34. The van der Waals surface area contributed by atoms with E-state index in [0.29, 0.717) is 11.0 Å². The van der Waals surface area contributed by atoms with Crippen LogP contribution in [0.15, 0.2) is 0 Å². The van der Waals surface area contributed by atoms with Crippen molar-refractivity contribution in [1.29, 1.82) is 0 Å². The van der Waals surface area contributed by atoms with Gasteiger partial charge in [0.25, 0.3) is 0 Å². The number of carbonyl (C=O) groups is 1. The minimum Gasteiger partial charge on any atom is -0.392 e. The van der Waals surface area contributed by atoms with Crippen LogP contribution in [-0.2, 0) is 4.79 Å². The number of carbonyl (C=O) groups excluding carboxylic acids is 1. The Morgan fingerprint density at radius 2 is 1.70 bits per heavy atom. The summed E-state index contributed by atoms with van der Waals surface area (Å²) in [5.74, 6) is 0.223. The van der Waals surface area contributed by atoms with E-state index in [0.717, 1.165) is 45.1 Å². The summed E-state index contributed by atoms with van der Waals surface area (Å²) in [5, 5.41) is 0. The summed E-state index contributed by atoms with van der Waals surface area (Å²) in [7, 11) is 0. The quantitative estimate of drug-likeness (QED) is 0.639. The molecule has 20 heavy (non-hydrogen) atoms. The summed E-state index contributed by atoms with van der Waals surface area (Å²) in [6, 6.07) is 0.418. The van der Waals surface area contributed by atoms with Gasteiger partial charge in [0.2, 0.25) is 5.91 Å². The highest BCUT2D eigenvalue weighted by Gasteiger charge is 2.45. The molecule has 0 unspecified atom stereocenters. The maximum absolute atomic E-state index is 13.2. The Morgan fingerprint density at radius 3 is 2.15 bits per heavy atom. The predicted molar refractivity (Wildman–Crippen MR) is 86.6 cm³/mol. The molecule has 0 radical (unpaired) electrons. The number of thiocarbonyl (C=S) groups is 1. The van der Waals surface area contributed by atoms with Gasteiger partial charge in [0.1, 0.15) is 0 Å². The molecule has 2 fully saturated rings. The molecule has 4 heteroatoms. The molecule has 0 aliphatic heterocycles. The minimum atomic E-state index is -0.551. The molecule has 0 bridgehead atoms. The van der Waals surface area contributed by atoms with Crippen LogP contribution in [0.4, 0.5) is 0 Å². The van der Waals surface area contributed by atoms with E-state index < -0.39 is 5.41 Å². The van der Waals surface area contributed by atoms with Crippen LogP contribution in [0.3, 0.4) is 0 Å². The van der Waals surface area contributed by atoms with Crippen molar-refractivity contribution in [2.45, 2.75) is 77.2 Å². The van der Waals surface area contributed by atoms with E-state index in [-0.39, 0.29) is 5.91 Å². The van der Waals surface area contributed by atoms with Crippen LogP contribution in [0.25, 0.3) is 0 Å². The van der Waals surface area contributed by atoms with Gasteiger partial charge in [-0.15, -0.1) is 0 Å². The summed E-state index contributed by atoms with van der Waals surface area (Å²) in [4.78, 5) is 15.7. The summed E-state index contributed by atoms with van der Waals surface area (Å²) in [6.07, 6.45) is 11.0. The SMILES string of the molecule is CCN(C(=O)C1(C(N)=S)CCCCCC1)C1CCCC1. The summed E-state index contributed by atoms with van der Waals surface area (Å²) in [5.41, 5.74) is 5.50. The van der Waals surface area contributed by atoms with Gasteiger partial charge in [-0.05, 0) is 32.6 Å². The maximum Gasteiger partial charge on any atom is 0.235 e. The van der Waals surface area contributed by atoms with Crippen molar-refractivity contribution in [3.05, 3.63) is 0 Å². The van der Waals surface area contributed by atoms with E-state index in [1.54, 1.807) is 0 Å². The normalized spacial score (nSPS) is 23.2. The largest absolute Gasteiger partial charge is 0.392 e. The number of hydrogen-bond donors (Lipinski definition) is 1. The molecule has 0 atom stereocenters. The highest BCUT2D eigenvalue weighted by Crippen LogP contribution is 2.39. The Kier molecular flexibility index (Phi) is 5.42. The standard InChI is InChI=1S/C16H28N2OS/c1-2-18(13-9-5-6-10-13)15(19)16(14(17)20)11-7-3-4-8-12-16/h13H,2-12H2,1H3,(H2,17,20). The van der Waals surface area contributed by atoms with Crippen molar-refractivity contribution in [2.24, 2.45) is 11.1 Å². The number of nitrogens with two attached hydrogens (primary N) is 1. The van der Waals surface area contributed by atoms with E-state index >= 15 is 0 Å². The molecule has 0 spiro atoms. The molecule has 2 saturated carbocycles. The lowest BCUT2D eigenvalue weighted by atomic mass is 9.78. The van der Waals surface area contributed by atoms with Gasteiger partial charge in [0.05, 0.1) is 10.4 Å². The van der Waals surface area contributed by atoms with Crippen molar-refractivity contribution in [1.82, 2.24) is 4.90 Å². The third kappa shape index (κ3) is 3.00. The molecule has 0 saturated heterocycles. The van der Waals surface area contributed by atoms with Gasteiger partial charge < -0.3 is 10.6 Å². The van der Waals surface area contributed by atoms with Crippen LogP contribution in [0, 0.1) is 5.41 Å². The molecule has 2 aliphatic carbocycles. The van der Waals surface area contributed by atoms with Crippen molar-refractivity contribution >= 4 is 23.1 Å². The second kappa shape index (κ2) is 6.88. The Labute approximate surface area is 128 Å². The van der Waals surface area contributed by atoms with Gasteiger partial charge in [-0.1, -0.05) is 50.7 Å². The van der Waals surface area contributed by atoms with E-state index in [9.17, 15) is 4.79 Å². The molecular formula is C16H28N2OS. The van der Waals surface area contributed by atoms with E-state index in [2.05, 4.69) is 11.8 Å². The molecular weight excluding hydrogens is 268 g/mol. The van der Waals surface area contributed by atoms with Crippen LogP contribution in [0.2, 0.25) is 0 Å². The van der Waals surface area contributed by atoms with E-state index in [4.69, 9.17) is 18.0 Å². The fourth-order valence-electron chi connectivity index (χ4n) is 3.96. The second-order valence-corrected chi connectivity index (χ2v) is 6.83. The first-order chi connectivity index (χ1) is 9.62. The van der Waals surface area contributed by atoms with Crippen molar-refractivity contribution in [3.8, 4) is 0 Å². The molecule has 114 valence electrons. The molecule has 2 rings (SSSR count). The minimum absolute atomic E-state index is 0.223. The highest BCUT2D eigenvalue weighted by molar-refractivity contribution is 7.80. The fourth-order valence-corrected chi connectivity index (χ4v) is 4.25. The van der Waals surface area contributed by atoms with Crippen LogP contribution in [0.5, 0.6) is 0 Å². The van der Waals surface area contributed by atoms with Crippen molar-refractivity contribution in [2.75, 3.05) is 6.54 Å². The molecule has 0 aromatic rings. The van der Waals surface area contributed by atoms with Crippen LogP contribution in [0.1, 0.15) is 71.1 Å². The lowest BCUT2D eigenvalue weighted by Crippen LogP contribution is -2.53. The highest BCUT2D eigenvalue weighted by atomic mass is 32.1. The topological polar surface area (TPSA) is 46.3 Å². The van der Waals surface area contributed by atoms with Gasteiger partial charge in [0, 0.05) is 12.6 Å². The van der Waals surface area contributed by atoms with E-state index in [1.807, 2.05) is 0 Å². The van der Waals surface area contributed by atoms with Crippen LogP contribution < -0.4 is 5.73 Å².